The molecule has 0 bridgehead atoms. The topological polar surface area (TPSA) is 24.9 Å². The minimum Gasteiger partial charge on any atom is -0.312 e. The quantitative estimate of drug-likeness (QED) is 0.880. The number of hydrogen-bond acceptors (Lipinski definition) is 2. The van der Waals surface area contributed by atoms with Gasteiger partial charge in [0.2, 0.25) is 0 Å². The van der Waals surface area contributed by atoms with Crippen molar-refractivity contribution in [2.75, 3.05) is 6.54 Å². The lowest BCUT2D eigenvalue weighted by atomic mass is 9.89. The van der Waals surface area contributed by atoms with Crippen molar-refractivity contribution in [2.45, 2.75) is 52.0 Å². The first-order valence-corrected chi connectivity index (χ1v) is 7.18. The normalized spacial score (nSPS) is 24.4. The van der Waals surface area contributed by atoms with Crippen LogP contribution in [-0.2, 0) is 6.42 Å². The highest BCUT2D eigenvalue weighted by Gasteiger charge is 2.28. The molecule has 2 nitrogen and oxygen atoms in total. The lowest BCUT2D eigenvalue weighted by Gasteiger charge is -2.26. The van der Waals surface area contributed by atoms with Gasteiger partial charge in [-0.15, -0.1) is 0 Å². The van der Waals surface area contributed by atoms with E-state index in [-0.39, 0.29) is 5.54 Å². The smallest absolute Gasteiger partial charge is 0.0270 e. The Morgan fingerprint density at radius 1 is 1.17 bits per heavy atom. The average Bonchev–Trinajstić information content (AvgIpc) is 2.74. The van der Waals surface area contributed by atoms with E-state index in [1.165, 1.54) is 37.8 Å². The molecule has 1 aliphatic carbocycles. The Balaban J connectivity index is 1.88. The number of aromatic nitrogens is 1. The summed E-state index contributed by atoms with van der Waals surface area (Å²) in [4.78, 5) is 4.10. The molecule has 1 aromatic heterocycles. The van der Waals surface area contributed by atoms with E-state index in [0.29, 0.717) is 0 Å². The third-order valence-electron chi connectivity index (χ3n) is 3.96. The van der Waals surface area contributed by atoms with Crippen LogP contribution >= 0.6 is 0 Å². The molecule has 1 N–H and O–H groups in total. The van der Waals surface area contributed by atoms with Crippen molar-refractivity contribution in [2.24, 2.45) is 11.8 Å². The van der Waals surface area contributed by atoms with Crippen LogP contribution in [0.5, 0.6) is 0 Å². The van der Waals surface area contributed by atoms with Crippen molar-refractivity contribution in [1.82, 2.24) is 10.3 Å². The molecule has 1 aliphatic rings. The van der Waals surface area contributed by atoms with Gasteiger partial charge in [0.25, 0.3) is 0 Å². The van der Waals surface area contributed by atoms with E-state index in [0.717, 1.165) is 11.8 Å². The van der Waals surface area contributed by atoms with E-state index in [1.807, 2.05) is 12.4 Å². The fourth-order valence-corrected chi connectivity index (χ4v) is 2.91. The van der Waals surface area contributed by atoms with Crippen molar-refractivity contribution in [3.63, 3.8) is 0 Å². The van der Waals surface area contributed by atoms with E-state index in [2.05, 4.69) is 43.2 Å². The van der Waals surface area contributed by atoms with Gasteiger partial charge in [-0.05, 0) is 76.1 Å². The second-order valence-corrected chi connectivity index (χ2v) is 6.64. The molecule has 1 saturated carbocycles. The second-order valence-electron chi connectivity index (χ2n) is 6.64. The van der Waals surface area contributed by atoms with E-state index in [9.17, 15) is 0 Å². The van der Waals surface area contributed by atoms with Crippen molar-refractivity contribution in [3.8, 4) is 0 Å². The molecule has 2 atom stereocenters. The molecule has 100 valence electrons. The standard InChI is InChI=1S/C16H26N2/c1-16(2,3)18-12-15-6-4-5-14(15)11-13-7-9-17-10-8-13/h7-10,14-15,18H,4-6,11-12H2,1-3H3. The Morgan fingerprint density at radius 2 is 1.83 bits per heavy atom. The summed E-state index contributed by atoms with van der Waals surface area (Å²) >= 11 is 0. The maximum atomic E-state index is 4.10. The number of pyridine rings is 1. The van der Waals surface area contributed by atoms with Gasteiger partial charge in [-0.3, -0.25) is 4.98 Å². The Labute approximate surface area is 111 Å². The summed E-state index contributed by atoms with van der Waals surface area (Å²) < 4.78 is 0. The van der Waals surface area contributed by atoms with E-state index >= 15 is 0 Å². The fraction of sp³-hybridized carbons (Fsp3) is 0.688. The third kappa shape index (κ3) is 4.09. The third-order valence-corrected chi connectivity index (χ3v) is 3.96. The zero-order chi connectivity index (χ0) is 13.0. The molecule has 1 aromatic rings. The summed E-state index contributed by atoms with van der Waals surface area (Å²) in [6.07, 6.45) is 9.21. The molecule has 2 heteroatoms. The first kappa shape index (κ1) is 13.5. The Bertz CT molecular complexity index is 353. The molecular weight excluding hydrogens is 220 g/mol. The predicted octanol–water partition coefficient (Wildman–Crippen LogP) is 3.43. The van der Waals surface area contributed by atoms with Gasteiger partial charge in [-0.25, -0.2) is 0 Å². The van der Waals surface area contributed by atoms with Gasteiger partial charge >= 0.3 is 0 Å². The van der Waals surface area contributed by atoms with Gasteiger partial charge in [0.15, 0.2) is 0 Å². The van der Waals surface area contributed by atoms with Crippen LogP contribution < -0.4 is 5.32 Å². The Kier molecular flexibility index (Phi) is 4.39. The van der Waals surface area contributed by atoms with E-state index in [4.69, 9.17) is 0 Å². The Hall–Kier alpha value is -0.890. The van der Waals surface area contributed by atoms with Gasteiger partial charge in [-0.2, -0.15) is 0 Å². The molecule has 2 unspecified atom stereocenters. The van der Waals surface area contributed by atoms with Crippen molar-refractivity contribution < 1.29 is 0 Å². The number of rotatable bonds is 4. The molecule has 0 aromatic carbocycles. The molecule has 18 heavy (non-hydrogen) atoms. The minimum atomic E-state index is 0.240. The highest BCUT2D eigenvalue weighted by molar-refractivity contribution is 5.11. The van der Waals surface area contributed by atoms with Gasteiger partial charge in [-0.1, -0.05) is 6.42 Å². The lowest BCUT2D eigenvalue weighted by Crippen LogP contribution is -2.40. The summed E-state index contributed by atoms with van der Waals surface area (Å²) in [5, 5.41) is 3.67. The van der Waals surface area contributed by atoms with Crippen LogP contribution in [0.25, 0.3) is 0 Å². The molecule has 0 saturated heterocycles. The number of nitrogens with zero attached hydrogens (tertiary/aromatic N) is 1. The number of hydrogen-bond donors (Lipinski definition) is 1. The highest BCUT2D eigenvalue weighted by atomic mass is 14.9. The summed E-state index contributed by atoms with van der Waals surface area (Å²) in [6, 6.07) is 4.32. The molecule has 0 aliphatic heterocycles. The fourth-order valence-electron chi connectivity index (χ4n) is 2.91. The van der Waals surface area contributed by atoms with Crippen LogP contribution in [0.4, 0.5) is 0 Å². The summed E-state index contributed by atoms with van der Waals surface area (Å²) in [6.45, 7) is 7.92. The van der Waals surface area contributed by atoms with Gasteiger partial charge in [0.05, 0.1) is 0 Å². The van der Waals surface area contributed by atoms with Crippen LogP contribution in [0.3, 0.4) is 0 Å². The highest BCUT2D eigenvalue weighted by Crippen LogP contribution is 2.34. The number of nitrogens with one attached hydrogen (secondary N) is 1. The first-order chi connectivity index (χ1) is 8.54. The predicted molar refractivity (Wildman–Crippen MR) is 76.5 cm³/mol. The van der Waals surface area contributed by atoms with Crippen LogP contribution in [0, 0.1) is 11.8 Å². The van der Waals surface area contributed by atoms with Crippen molar-refractivity contribution in [1.29, 1.82) is 0 Å². The SMILES string of the molecule is CC(C)(C)NCC1CCCC1Cc1ccncc1. The maximum Gasteiger partial charge on any atom is 0.0270 e. The maximum absolute atomic E-state index is 4.10. The first-order valence-electron chi connectivity index (χ1n) is 7.18. The summed E-state index contributed by atoms with van der Waals surface area (Å²) in [7, 11) is 0. The van der Waals surface area contributed by atoms with Crippen LogP contribution in [0.1, 0.15) is 45.6 Å². The van der Waals surface area contributed by atoms with Crippen LogP contribution in [-0.4, -0.2) is 17.1 Å². The molecule has 0 amide bonds. The lowest BCUT2D eigenvalue weighted by molar-refractivity contribution is 0.317. The molecule has 1 heterocycles. The largest absolute Gasteiger partial charge is 0.312 e. The zero-order valence-corrected chi connectivity index (χ0v) is 11.9. The molecular formula is C16H26N2. The molecule has 1 fully saturated rings. The Morgan fingerprint density at radius 3 is 2.50 bits per heavy atom. The zero-order valence-electron chi connectivity index (χ0n) is 11.9. The van der Waals surface area contributed by atoms with Crippen LogP contribution in [0.15, 0.2) is 24.5 Å². The second kappa shape index (κ2) is 5.83. The monoisotopic (exact) mass is 246 g/mol. The van der Waals surface area contributed by atoms with Crippen molar-refractivity contribution >= 4 is 0 Å². The van der Waals surface area contributed by atoms with E-state index in [1.54, 1.807) is 0 Å². The summed E-state index contributed by atoms with van der Waals surface area (Å²) in [5.74, 6) is 1.69. The molecule has 2 rings (SSSR count). The summed E-state index contributed by atoms with van der Waals surface area (Å²) in [5.41, 5.74) is 1.68. The van der Waals surface area contributed by atoms with Gasteiger partial charge < -0.3 is 5.32 Å². The van der Waals surface area contributed by atoms with Gasteiger partial charge in [0.1, 0.15) is 0 Å². The molecule has 0 radical (unpaired) electrons. The van der Waals surface area contributed by atoms with E-state index < -0.39 is 0 Å². The van der Waals surface area contributed by atoms with Gasteiger partial charge in [0, 0.05) is 17.9 Å². The van der Waals surface area contributed by atoms with Crippen molar-refractivity contribution in [3.05, 3.63) is 30.1 Å². The molecule has 0 spiro atoms. The minimum absolute atomic E-state index is 0.240. The van der Waals surface area contributed by atoms with Crippen LogP contribution in [0.2, 0.25) is 0 Å². The average molecular weight is 246 g/mol.